The van der Waals surface area contributed by atoms with Gasteiger partial charge in [0.1, 0.15) is 12.1 Å². The summed E-state index contributed by atoms with van der Waals surface area (Å²) >= 11 is 0. The molecule has 4 atom stereocenters. The third-order valence-electron chi connectivity index (χ3n) is 3.69. The highest BCUT2D eigenvalue weighted by Crippen LogP contribution is 2.08. The van der Waals surface area contributed by atoms with Crippen LogP contribution in [-0.4, -0.2) is 59.2 Å². The van der Waals surface area contributed by atoms with E-state index in [1.54, 1.807) is 24.5 Å². The lowest BCUT2D eigenvalue weighted by Crippen LogP contribution is -2.52. The molecule has 1 aromatic rings. The van der Waals surface area contributed by atoms with E-state index in [0.29, 0.717) is 0 Å². The number of carbonyl (C=O) groups excluding carboxylic acids is 4. The second kappa shape index (κ2) is 12.4. The summed E-state index contributed by atoms with van der Waals surface area (Å²) in [6.45, 7) is -0.177. The van der Waals surface area contributed by atoms with Crippen LogP contribution in [0, 0.1) is 0 Å². The van der Waals surface area contributed by atoms with E-state index in [1.807, 2.05) is 9.39 Å². The highest BCUT2D eigenvalue weighted by molar-refractivity contribution is 7.15. The van der Waals surface area contributed by atoms with Crippen molar-refractivity contribution in [3.63, 3.8) is 0 Å². The number of nitrogens with one attached hydrogen (secondary N) is 3. The fourth-order valence-electron chi connectivity index (χ4n) is 2.26. The van der Waals surface area contributed by atoms with E-state index in [0.717, 1.165) is 5.56 Å². The number of hydrogen-bond donors (Lipinski definition) is 3. The molecule has 1 aromatic heterocycles. The smallest absolute Gasteiger partial charge is 0.246 e. The van der Waals surface area contributed by atoms with Crippen molar-refractivity contribution in [1.82, 2.24) is 25.4 Å². The monoisotopic (exact) mass is 444 g/mol. The highest BCUT2D eigenvalue weighted by atomic mass is 31.0. The third-order valence-corrected chi connectivity index (χ3v) is 4.65. The van der Waals surface area contributed by atoms with Gasteiger partial charge in [-0.2, -0.15) is 0 Å². The molecule has 152 valence electrons. The number of pyridine rings is 1. The molecule has 0 bridgehead atoms. The quantitative estimate of drug-likeness (QED) is 0.417. The molecule has 3 N–H and O–H groups in total. The highest BCUT2D eigenvalue weighted by Gasteiger charge is 2.29. The van der Waals surface area contributed by atoms with Crippen molar-refractivity contribution in [2.75, 3.05) is 13.6 Å². The average molecular weight is 444 g/mol. The number of nitrogens with zero attached hydrogens (tertiary/aromatic N) is 3. The summed E-state index contributed by atoms with van der Waals surface area (Å²) < 4.78 is 3.72. The lowest BCUT2D eigenvalue weighted by molar-refractivity contribution is -0.138. The first-order valence-corrected chi connectivity index (χ1v) is 9.72. The molecule has 1 heterocycles. The number of carbonyl (C=O) groups is 4. The Labute approximate surface area is 169 Å². The predicted octanol–water partition coefficient (Wildman–Crippen LogP) is -0.535. The molecular formula is C15H23N6O4P3. The van der Waals surface area contributed by atoms with Crippen LogP contribution < -0.4 is 15.5 Å². The van der Waals surface area contributed by atoms with Crippen molar-refractivity contribution in [1.29, 1.82) is 0 Å². The lowest BCUT2D eigenvalue weighted by Gasteiger charge is -2.25. The summed E-state index contributed by atoms with van der Waals surface area (Å²) in [6.07, 6.45) is 3.14. The molecule has 13 heteroatoms. The fraction of sp³-hybridized carbons (Fsp3) is 0.400. The number of likely N-dealkylation sites (N-methyl/N-ethyl adjacent to an activating group) is 1. The van der Waals surface area contributed by atoms with E-state index in [9.17, 15) is 19.2 Å². The van der Waals surface area contributed by atoms with E-state index in [-0.39, 0.29) is 25.3 Å². The second-order valence-electron chi connectivity index (χ2n) is 5.80. The van der Waals surface area contributed by atoms with Gasteiger partial charge in [0.15, 0.2) is 0 Å². The Kier molecular flexibility index (Phi) is 10.7. The molecule has 0 saturated carbocycles. The normalized spacial score (nSPS) is 12.2. The number of hydrogen-bond acceptors (Lipinski definition) is 6. The van der Waals surface area contributed by atoms with E-state index < -0.39 is 29.8 Å². The van der Waals surface area contributed by atoms with Gasteiger partial charge in [0.25, 0.3) is 0 Å². The maximum atomic E-state index is 12.8. The molecule has 0 aliphatic heterocycles. The Hall–Kier alpha value is -2.01. The van der Waals surface area contributed by atoms with Crippen molar-refractivity contribution < 1.29 is 19.2 Å². The van der Waals surface area contributed by atoms with Gasteiger partial charge in [-0.15, -0.1) is 0 Å². The summed E-state index contributed by atoms with van der Waals surface area (Å²) in [5.74, 6) is -1.85. The minimum Gasteiger partial charge on any atom is -0.342 e. The fourth-order valence-corrected chi connectivity index (χ4v) is 2.68. The number of rotatable bonds is 10. The summed E-state index contributed by atoms with van der Waals surface area (Å²) in [5.41, 5.74) is 0.722. The van der Waals surface area contributed by atoms with Gasteiger partial charge in [0, 0.05) is 25.9 Å². The first-order chi connectivity index (χ1) is 13.3. The van der Waals surface area contributed by atoms with Gasteiger partial charge in [-0.1, -0.05) is 6.07 Å². The molecule has 0 fully saturated rings. The van der Waals surface area contributed by atoms with Crippen LogP contribution in [0.1, 0.15) is 12.0 Å². The molecular weight excluding hydrogens is 421 g/mol. The van der Waals surface area contributed by atoms with Gasteiger partial charge in [0.05, 0.1) is 13.0 Å². The standard InChI is InChI=1S/C15H23N6O4P3/c1-21(8-13(23)20-28)15(25)11(5-9-3-2-4-16-7-9)17-14(24)10(18-26)6-12(22)19-27/h2-4,7,10-11,26H,5-6,8,27-28H2,1H3,(H,17,24)(H,19,22)(H,20,23)/t10-,11-/m0/s1. The molecule has 0 saturated heterocycles. The summed E-state index contributed by atoms with van der Waals surface area (Å²) in [7, 11) is 8.48. The molecule has 2 unspecified atom stereocenters. The van der Waals surface area contributed by atoms with Crippen molar-refractivity contribution in [2.45, 2.75) is 24.9 Å². The van der Waals surface area contributed by atoms with Crippen LogP contribution >= 0.6 is 27.8 Å². The van der Waals surface area contributed by atoms with Gasteiger partial charge in [-0.25, -0.2) is 0 Å². The van der Waals surface area contributed by atoms with Gasteiger partial charge in [-0.3, -0.25) is 28.9 Å². The maximum absolute atomic E-state index is 12.8. The summed E-state index contributed by atoms with van der Waals surface area (Å²) in [6, 6.07) is 1.49. The van der Waals surface area contributed by atoms with Crippen molar-refractivity contribution in [3.8, 4) is 0 Å². The predicted molar refractivity (Wildman–Crippen MR) is 112 cm³/mol. The first kappa shape index (κ1) is 24.0. The summed E-state index contributed by atoms with van der Waals surface area (Å²) in [4.78, 5) is 53.6. The molecule has 4 amide bonds. The Morgan fingerprint density at radius 2 is 1.93 bits per heavy atom. The molecule has 1 rings (SSSR count). The Morgan fingerprint density at radius 3 is 2.46 bits per heavy atom. The van der Waals surface area contributed by atoms with Crippen LogP contribution in [0.5, 0.6) is 0 Å². The van der Waals surface area contributed by atoms with Crippen molar-refractivity contribution in [3.05, 3.63) is 30.1 Å². The summed E-state index contributed by atoms with van der Waals surface area (Å²) in [5, 5.41) is 7.30. The SMILES string of the molecule is CN(CC(=O)NP)C(=O)[C@H](Cc1cccnc1)NC(=O)[C@H](CC(=O)NP)N=P. The zero-order chi connectivity index (χ0) is 21.1. The molecule has 28 heavy (non-hydrogen) atoms. The largest absolute Gasteiger partial charge is 0.342 e. The molecule has 10 nitrogen and oxygen atoms in total. The zero-order valence-corrected chi connectivity index (χ0v) is 18.5. The minimum absolute atomic E-state index is 0.162. The van der Waals surface area contributed by atoms with Crippen LogP contribution in [-0.2, 0) is 25.6 Å². The lowest BCUT2D eigenvalue weighted by atomic mass is 10.1. The number of amides is 4. The number of aromatic nitrogens is 1. The first-order valence-electron chi connectivity index (χ1n) is 8.12. The van der Waals surface area contributed by atoms with Gasteiger partial charge in [-0.05, 0) is 39.4 Å². The van der Waals surface area contributed by atoms with Crippen LogP contribution in [0.2, 0.25) is 0 Å². The molecule has 0 aliphatic rings. The van der Waals surface area contributed by atoms with Gasteiger partial charge < -0.3 is 20.4 Å². The van der Waals surface area contributed by atoms with Crippen LogP contribution in [0.3, 0.4) is 0 Å². The third kappa shape index (κ3) is 7.93. The zero-order valence-electron chi connectivity index (χ0n) is 15.2. The molecule has 0 aliphatic carbocycles. The van der Waals surface area contributed by atoms with E-state index >= 15 is 0 Å². The Morgan fingerprint density at radius 1 is 1.25 bits per heavy atom. The van der Waals surface area contributed by atoms with E-state index in [1.165, 1.54) is 11.9 Å². The van der Waals surface area contributed by atoms with Crippen LogP contribution in [0.15, 0.2) is 29.3 Å². The average Bonchev–Trinajstić information content (AvgIpc) is 2.70. The minimum atomic E-state index is -1.03. The van der Waals surface area contributed by atoms with Crippen molar-refractivity contribution >= 4 is 51.4 Å². The second-order valence-corrected chi connectivity index (χ2v) is 6.64. The van der Waals surface area contributed by atoms with Crippen molar-refractivity contribution in [2.24, 2.45) is 4.74 Å². The van der Waals surface area contributed by atoms with E-state index in [2.05, 4.69) is 43.6 Å². The Bertz CT molecular complexity index is 721. The Balaban J connectivity index is 2.97. The molecule has 0 aromatic carbocycles. The molecule has 0 spiro atoms. The van der Waals surface area contributed by atoms with Crippen LogP contribution in [0.4, 0.5) is 0 Å². The van der Waals surface area contributed by atoms with Crippen LogP contribution in [0.25, 0.3) is 0 Å². The molecule has 0 radical (unpaired) electrons. The topological polar surface area (TPSA) is 133 Å². The van der Waals surface area contributed by atoms with Gasteiger partial charge in [0.2, 0.25) is 23.6 Å². The van der Waals surface area contributed by atoms with E-state index in [4.69, 9.17) is 0 Å². The maximum Gasteiger partial charge on any atom is 0.246 e. The van der Waals surface area contributed by atoms with Gasteiger partial charge >= 0.3 is 0 Å².